The van der Waals surface area contributed by atoms with Crippen LogP contribution >= 0.6 is 17.0 Å². The van der Waals surface area contributed by atoms with Gasteiger partial charge in [0.1, 0.15) is 5.75 Å². The van der Waals surface area contributed by atoms with Crippen LogP contribution in [-0.2, 0) is 31.7 Å². The molecule has 2 nitrogen and oxygen atoms in total. The van der Waals surface area contributed by atoms with E-state index in [2.05, 4.69) is 84.0 Å². The molecule has 0 heterocycles. The van der Waals surface area contributed by atoms with Gasteiger partial charge in [0.25, 0.3) is 0 Å². The first-order valence-corrected chi connectivity index (χ1v) is 16.2. The predicted molar refractivity (Wildman–Crippen MR) is 127 cm³/mol. The second kappa shape index (κ2) is 10.2. The van der Waals surface area contributed by atoms with Crippen LogP contribution in [0.2, 0.25) is 0 Å². The van der Waals surface area contributed by atoms with Crippen LogP contribution in [0.4, 0.5) is 0 Å². The average molecular weight is 526 g/mol. The molecule has 5 heteroatoms. The summed E-state index contributed by atoms with van der Waals surface area (Å²) >= 11 is -0.826. The fourth-order valence-electron chi connectivity index (χ4n) is 3.76. The van der Waals surface area contributed by atoms with Crippen LogP contribution in [0.1, 0.15) is 52.7 Å². The minimum absolute atomic E-state index is 0.0149. The van der Waals surface area contributed by atoms with Crippen LogP contribution in [0.5, 0.6) is 11.5 Å². The molecule has 30 heavy (non-hydrogen) atoms. The van der Waals surface area contributed by atoms with Gasteiger partial charge in [-0.15, -0.1) is 16.8 Å². The van der Waals surface area contributed by atoms with Crippen LogP contribution in [0, 0.1) is 0 Å². The fraction of sp³-hybridized carbons (Fsp3) is 0.400. The van der Waals surface area contributed by atoms with Crippen molar-refractivity contribution in [2.24, 2.45) is 0 Å². The summed E-state index contributed by atoms with van der Waals surface area (Å²) in [4.78, 5) is 0. The molecule has 0 aliphatic carbocycles. The van der Waals surface area contributed by atoms with Crippen LogP contribution in [0.3, 0.4) is 0 Å². The van der Waals surface area contributed by atoms with Gasteiger partial charge in [0.05, 0.1) is 14.2 Å². The van der Waals surface area contributed by atoms with Crippen molar-refractivity contribution in [3.8, 4) is 22.6 Å². The number of hydrogen-bond acceptors (Lipinski definition) is 2. The quantitative estimate of drug-likeness (QED) is 0.321. The molecular weight excluding hydrogens is 494 g/mol. The molecular formula is C25H31Cl2O2Zr-. The number of benzene rings is 2. The molecule has 0 aliphatic rings. The van der Waals surface area contributed by atoms with Gasteiger partial charge in [0, 0.05) is 16.9 Å². The number of methoxy groups -OCH3 is 2. The number of rotatable bonds is 3. The van der Waals surface area contributed by atoms with Crippen LogP contribution < -0.4 is 9.47 Å². The maximum atomic E-state index is 5.91. The molecule has 0 fully saturated rings. The standard InChI is InChI=1S/C25H31O2.2ClH.Zr/c1-24(2,3)20-14-16(15-21(23(20)27-8)25(4,5)6)17-12-13-22(26-7)19-11-9-10-18(17)19;;;/h9-15H,1-8H3;2*1H;/q-1;;;+2/p-2. The van der Waals surface area contributed by atoms with Gasteiger partial charge in [-0.25, -0.2) is 0 Å². The zero-order valence-electron chi connectivity index (χ0n) is 19.1. The van der Waals surface area contributed by atoms with E-state index in [9.17, 15) is 0 Å². The first-order valence-electron chi connectivity index (χ1n) is 9.91. The molecule has 0 atom stereocenters. The van der Waals surface area contributed by atoms with Gasteiger partial charge >= 0.3 is 37.9 Å². The van der Waals surface area contributed by atoms with Gasteiger partial charge in [-0.3, -0.25) is 0 Å². The van der Waals surface area contributed by atoms with Crippen molar-refractivity contribution < 1.29 is 30.3 Å². The summed E-state index contributed by atoms with van der Waals surface area (Å²) in [5.74, 6) is 1.92. The van der Waals surface area contributed by atoms with Gasteiger partial charge in [-0.2, -0.15) is 12.1 Å². The van der Waals surface area contributed by atoms with Gasteiger partial charge in [-0.05, 0) is 28.5 Å². The van der Waals surface area contributed by atoms with Crippen LogP contribution in [0.15, 0.2) is 42.5 Å². The van der Waals surface area contributed by atoms with Crippen LogP contribution in [-0.4, -0.2) is 14.2 Å². The van der Waals surface area contributed by atoms with Gasteiger partial charge < -0.3 is 9.47 Å². The van der Waals surface area contributed by atoms with E-state index in [1.54, 1.807) is 14.2 Å². The predicted octanol–water partition coefficient (Wildman–Crippen LogP) is 8.21. The molecule has 3 aromatic carbocycles. The topological polar surface area (TPSA) is 18.5 Å². The summed E-state index contributed by atoms with van der Waals surface area (Å²) in [7, 11) is 13.4. The Morgan fingerprint density at radius 3 is 1.80 bits per heavy atom. The number of fused-ring (bicyclic) bond motifs is 1. The SMILES string of the molecule is COc1c(C(C)(C)C)cc(-c2ccc(OC)c3[cH-]ccc23)cc1C(C)(C)C.[Cl][Zr][Cl]. The molecule has 0 bridgehead atoms. The molecule has 3 aromatic rings. The molecule has 0 aliphatic heterocycles. The fourth-order valence-corrected chi connectivity index (χ4v) is 3.76. The van der Waals surface area contributed by atoms with E-state index < -0.39 is 20.8 Å². The van der Waals surface area contributed by atoms with Gasteiger partial charge in [-0.1, -0.05) is 59.2 Å². The number of ether oxygens (including phenoxy) is 2. The molecule has 0 unspecified atom stereocenters. The van der Waals surface area contributed by atoms with E-state index >= 15 is 0 Å². The zero-order valence-corrected chi connectivity index (χ0v) is 23.1. The van der Waals surface area contributed by atoms with Crippen molar-refractivity contribution >= 4 is 27.8 Å². The van der Waals surface area contributed by atoms with E-state index in [1.807, 2.05) is 0 Å². The molecule has 0 radical (unpaired) electrons. The van der Waals surface area contributed by atoms with E-state index in [-0.39, 0.29) is 10.8 Å². The third-order valence-electron chi connectivity index (χ3n) is 5.21. The third kappa shape index (κ3) is 5.47. The van der Waals surface area contributed by atoms with Crippen molar-refractivity contribution in [2.45, 2.75) is 52.4 Å². The third-order valence-corrected chi connectivity index (χ3v) is 5.21. The second-order valence-electron chi connectivity index (χ2n) is 9.34. The van der Waals surface area contributed by atoms with Crippen molar-refractivity contribution in [3.05, 3.63) is 53.6 Å². The Labute approximate surface area is 199 Å². The normalized spacial score (nSPS) is 11.7. The monoisotopic (exact) mass is 523 g/mol. The minimum atomic E-state index is -0.826. The van der Waals surface area contributed by atoms with Gasteiger partial charge in [0.2, 0.25) is 0 Å². The molecule has 162 valence electrons. The Morgan fingerprint density at radius 2 is 1.37 bits per heavy atom. The summed E-state index contributed by atoms with van der Waals surface area (Å²) in [6.07, 6.45) is 0. The molecule has 0 saturated carbocycles. The molecule has 0 saturated heterocycles. The molecule has 3 rings (SSSR count). The summed E-state index contributed by atoms with van der Waals surface area (Å²) in [6.45, 7) is 13.5. The van der Waals surface area contributed by atoms with E-state index in [4.69, 9.17) is 26.5 Å². The summed E-state index contributed by atoms with van der Waals surface area (Å²) in [5.41, 5.74) is 4.91. The van der Waals surface area contributed by atoms with E-state index in [1.165, 1.54) is 27.6 Å². The first-order chi connectivity index (χ1) is 14.0. The van der Waals surface area contributed by atoms with Crippen molar-refractivity contribution in [3.63, 3.8) is 0 Å². The Balaban J connectivity index is 0.00000101. The van der Waals surface area contributed by atoms with Crippen LogP contribution in [0.25, 0.3) is 21.9 Å². The Morgan fingerprint density at radius 1 is 0.833 bits per heavy atom. The van der Waals surface area contributed by atoms with Crippen molar-refractivity contribution in [1.82, 2.24) is 0 Å². The molecule has 0 aromatic heterocycles. The van der Waals surface area contributed by atoms with Crippen molar-refractivity contribution in [2.75, 3.05) is 14.2 Å². The second-order valence-corrected chi connectivity index (χ2v) is 13.1. The zero-order chi connectivity index (χ0) is 22.7. The summed E-state index contributed by atoms with van der Waals surface area (Å²) < 4.78 is 11.5. The molecule has 0 N–H and O–H groups in total. The number of hydrogen-bond donors (Lipinski definition) is 0. The van der Waals surface area contributed by atoms with E-state index in [0.717, 1.165) is 16.9 Å². The maximum absolute atomic E-state index is 5.91. The Bertz CT molecular complexity index is 960. The number of halogens is 2. The summed E-state index contributed by atoms with van der Waals surface area (Å²) in [5, 5.41) is 2.37. The van der Waals surface area contributed by atoms with E-state index in [0.29, 0.717) is 0 Å². The van der Waals surface area contributed by atoms with Gasteiger partial charge in [0.15, 0.2) is 0 Å². The molecule has 0 spiro atoms. The Kier molecular flexibility index (Phi) is 8.59. The average Bonchev–Trinajstić information content (AvgIpc) is 3.15. The summed E-state index contributed by atoms with van der Waals surface area (Å²) in [6, 6.07) is 15.2. The first kappa shape index (κ1) is 25.4. The molecule has 0 amide bonds. The Hall–Kier alpha value is -0.887. The van der Waals surface area contributed by atoms with Crippen molar-refractivity contribution in [1.29, 1.82) is 0 Å².